The monoisotopic (exact) mass is 467 g/mol. The Morgan fingerprint density at radius 3 is 1.12 bits per heavy atom. The van der Waals surface area contributed by atoms with Crippen LogP contribution >= 0.6 is 0 Å². The van der Waals surface area contributed by atoms with Gasteiger partial charge in [-0.2, -0.15) is 0 Å². The van der Waals surface area contributed by atoms with E-state index in [9.17, 15) is 4.79 Å². The summed E-state index contributed by atoms with van der Waals surface area (Å²) in [5.74, 6) is -0.875. The molecule has 0 amide bonds. The minimum Gasteiger partial charge on any atom is -0.481 e. The Morgan fingerprint density at radius 1 is 0.562 bits per heavy atom. The zero-order valence-corrected chi connectivity index (χ0v) is 18.7. The van der Waals surface area contributed by atoms with Crippen molar-refractivity contribution in [2.45, 2.75) is 6.42 Å². The zero-order chi connectivity index (χ0) is 23.4. The number of hydrogen-bond acceptors (Lipinski definition) is 10. The van der Waals surface area contributed by atoms with Crippen molar-refractivity contribution in [1.82, 2.24) is 0 Å². The average Bonchev–Trinajstić information content (AvgIpc) is 2.78. The molecular formula is C19H37N3O10. The van der Waals surface area contributed by atoms with Crippen LogP contribution in [0.3, 0.4) is 0 Å². The van der Waals surface area contributed by atoms with Gasteiger partial charge in [-0.3, -0.25) is 4.79 Å². The summed E-state index contributed by atoms with van der Waals surface area (Å²) in [6.45, 7) is 7.36. The number of hydrogen-bond donors (Lipinski definition) is 1. The number of azide groups is 1. The van der Waals surface area contributed by atoms with E-state index in [1.165, 1.54) is 0 Å². The van der Waals surface area contributed by atoms with Crippen molar-refractivity contribution in [3.05, 3.63) is 10.4 Å². The Labute approximate surface area is 188 Å². The topological polar surface area (TPSA) is 160 Å². The van der Waals surface area contributed by atoms with E-state index in [-0.39, 0.29) is 13.0 Å². The van der Waals surface area contributed by atoms with Crippen molar-refractivity contribution in [1.29, 1.82) is 0 Å². The van der Waals surface area contributed by atoms with Gasteiger partial charge in [0.25, 0.3) is 0 Å². The lowest BCUT2D eigenvalue weighted by Gasteiger charge is -2.08. The van der Waals surface area contributed by atoms with E-state index < -0.39 is 5.97 Å². The highest BCUT2D eigenvalue weighted by Crippen LogP contribution is 1.87. The van der Waals surface area contributed by atoms with Gasteiger partial charge in [-0.05, 0) is 5.53 Å². The van der Waals surface area contributed by atoms with Crippen molar-refractivity contribution in [3.63, 3.8) is 0 Å². The number of rotatable bonds is 27. The van der Waals surface area contributed by atoms with Gasteiger partial charge in [0.2, 0.25) is 0 Å². The molecule has 0 aromatic carbocycles. The van der Waals surface area contributed by atoms with E-state index in [0.29, 0.717) is 106 Å². The number of aliphatic carboxylic acids is 1. The molecule has 0 atom stereocenters. The van der Waals surface area contributed by atoms with Crippen LogP contribution in [0.5, 0.6) is 0 Å². The van der Waals surface area contributed by atoms with Crippen LogP contribution in [0.15, 0.2) is 5.11 Å². The molecule has 0 aliphatic carbocycles. The quantitative estimate of drug-likeness (QED) is 0.0795. The molecule has 0 aromatic rings. The van der Waals surface area contributed by atoms with Crippen molar-refractivity contribution < 1.29 is 47.8 Å². The third-order valence-corrected chi connectivity index (χ3v) is 3.46. The molecule has 0 spiro atoms. The third kappa shape index (κ3) is 28.5. The fourth-order valence-corrected chi connectivity index (χ4v) is 1.95. The van der Waals surface area contributed by atoms with Crippen LogP contribution in [0, 0.1) is 0 Å². The minimum atomic E-state index is -0.875. The van der Waals surface area contributed by atoms with Crippen LogP contribution in [-0.2, 0) is 42.7 Å². The number of carboxylic acids is 1. The van der Waals surface area contributed by atoms with Gasteiger partial charge in [-0.25, -0.2) is 0 Å². The molecule has 0 rings (SSSR count). The van der Waals surface area contributed by atoms with Crippen molar-refractivity contribution >= 4 is 5.97 Å². The van der Waals surface area contributed by atoms with E-state index >= 15 is 0 Å². The van der Waals surface area contributed by atoms with Crippen LogP contribution in [0.25, 0.3) is 10.4 Å². The molecule has 0 aliphatic rings. The predicted octanol–water partition coefficient (Wildman–Crippen LogP) is 0.904. The van der Waals surface area contributed by atoms with E-state index in [0.717, 1.165) is 0 Å². The van der Waals surface area contributed by atoms with Gasteiger partial charge in [-0.1, -0.05) is 5.11 Å². The SMILES string of the molecule is [N-]=[N+]=NCCOCCOCCOCCOCCOCCOCCOCCOCCC(=O)O. The van der Waals surface area contributed by atoms with Crippen molar-refractivity contribution in [2.24, 2.45) is 5.11 Å². The van der Waals surface area contributed by atoms with Crippen LogP contribution in [0.1, 0.15) is 6.42 Å². The summed E-state index contributed by atoms with van der Waals surface area (Å²) < 4.78 is 42.4. The highest BCUT2D eigenvalue weighted by molar-refractivity contribution is 5.66. The van der Waals surface area contributed by atoms with Crippen molar-refractivity contribution in [3.8, 4) is 0 Å². The molecule has 0 aliphatic heterocycles. The molecule has 0 saturated heterocycles. The maximum absolute atomic E-state index is 10.3. The van der Waals surface area contributed by atoms with Gasteiger partial charge in [0.1, 0.15) is 0 Å². The minimum absolute atomic E-state index is 0.00153. The normalized spacial score (nSPS) is 10.9. The predicted molar refractivity (Wildman–Crippen MR) is 113 cm³/mol. The zero-order valence-electron chi connectivity index (χ0n) is 18.7. The second-order valence-electron chi connectivity index (χ2n) is 6.00. The first-order chi connectivity index (χ1) is 15.8. The Balaban J connectivity index is 3.02. The molecule has 0 bridgehead atoms. The van der Waals surface area contributed by atoms with Gasteiger partial charge >= 0.3 is 5.97 Å². The second kappa shape index (κ2) is 27.5. The summed E-state index contributed by atoms with van der Waals surface area (Å²) in [7, 11) is 0. The summed E-state index contributed by atoms with van der Waals surface area (Å²) in [6.07, 6.45) is -0.00153. The first-order valence-electron chi connectivity index (χ1n) is 10.6. The Bertz CT molecular complexity index is 427. The summed E-state index contributed by atoms with van der Waals surface area (Å²) in [4.78, 5) is 12.9. The van der Waals surface area contributed by atoms with Gasteiger partial charge < -0.3 is 43.0 Å². The molecule has 0 heterocycles. The van der Waals surface area contributed by atoms with Crippen LogP contribution < -0.4 is 0 Å². The van der Waals surface area contributed by atoms with E-state index in [2.05, 4.69) is 10.0 Å². The van der Waals surface area contributed by atoms with E-state index in [4.69, 9.17) is 48.5 Å². The summed E-state index contributed by atoms with van der Waals surface area (Å²) in [5, 5.41) is 11.8. The molecule has 0 radical (unpaired) electrons. The molecule has 0 saturated carbocycles. The molecule has 1 N–H and O–H groups in total. The van der Waals surface area contributed by atoms with Crippen molar-refractivity contribution in [2.75, 3.05) is 112 Å². The average molecular weight is 468 g/mol. The molecule has 188 valence electrons. The molecule has 32 heavy (non-hydrogen) atoms. The van der Waals surface area contributed by atoms with Crippen LogP contribution in [0.2, 0.25) is 0 Å². The maximum Gasteiger partial charge on any atom is 0.305 e. The van der Waals surface area contributed by atoms with Gasteiger partial charge in [-0.15, -0.1) is 0 Å². The van der Waals surface area contributed by atoms with Gasteiger partial charge in [0.05, 0.1) is 112 Å². The smallest absolute Gasteiger partial charge is 0.305 e. The first kappa shape index (κ1) is 30.5. The lowest BCUT2D eigenvalue weighted by atomic mass is 10.5. The number of carbonyl (C=O) groups is 1. The maximum atomic E-state index is 10.3. The highest BCUT2D eigenvalue weighted by atomic mass is 16.6. The van der Waals surface area contributed by atoms with E-state index in [1.807, 2.05) is 0 Å². The fourth-order valence-electron chi connectivity index (χ4n) is 1.95. The molecule has 0 fully saturated rings. The Hall–Kier alpha value is -1.54. The second-order valence-corrected chi connectivity index (χ2v) is 6.00. The lowest BCUT2D eigenvalue weighted by Crippen LogP contribution is -2.15. The Kier molecular flexibility index (Phi) is 26.2. The standard InChI is InChI=1S/C19H37N3O10/c20-22-21-2-4-26-6-8-28-10-12-30-14-16-32-18-17-31-15-13-29-11-9-27-7-5-25-3-1-19(23)24/h1-18H2,(H,23,24). The van der Waals surface area contributed by atoms with Crippen LogP contribution in [0.4, 0.5) is 0 Å². The molecule has 0 unspecified atom stereocenters. The van der Waals surface area contributed by atoms with Gasteiger partial charge in [0, 0.05) is 11.5 Å². The molecule has 13 heteroatoms. The van der Waals surface area contributed by atoms with E-state index in [1.54, 1.807) is 0 Å². The first-order valence-corrected chi connectivity index (χ1v) is 10.6. The van der Waals surface area contributed by atoms with Gasteiger partial charge in [0.15, 0.2) is 0 Å². The number of nitrogens with zero attached hydrogens (tertiary/aromatic N) is 3. The molecule has 0 aromatic heterocycles. The lowest BCUT2D eigenvalue weighted by molar-refractivity contribution is -0.138. The summed E-state index contributed by atoms with van der Waals surface area (Å²) >= 11 is 0. The fraction of sp³-hybridized carbons (Fsp3) is 0.947. The summed E-state index contributed by atoms with van der Waals surface area (Å²) in [6, 6.07) is 0. The number of carboxylic acid groups (broad SMARTS) is 1. The van der Waals surface area contributed by atoms with Crippen LogP contribution in [-0.4, -0.2) is 123 Å². The Morgan fingerprint density at radius 2 is 0.844 bits per heavy atom. The highest BCUT2D eigenvalue weighted by Gasteiger charge is 1.97. The molecule has 13 nitrogen and oxygen atoms in total. The summed E-state index contributed by atoms with van der Waals surface area (Å²) in [5.41, 5.74) is 8.09. The number of ether oxygens (including phenoxy) is 8. The molecular weight excluding hydrogens is 430 g/mol. The largest absolute Gasteiger partial charge is 0.481 e. The third-order valence-electron chi connectivity index (χ3n) is 3.46.